The number of hydrogen-bond donors (Lipinski definition) is 6. The Kier molecular flexibility index (Phi) is 42.6. The maximum Gasteiger partial charge on any atom is 0.472 e. The van der Waals surface area contributed by atoms with Crippen molar-refractivity contribution < 1.29 is 58.3 Å². The Morgan fingerprint density at radius 1 is 0.457 bits per heavy atom. The van der Waals surface area contributed by atoms with Crippen LogP contribution < -0.4 is 0 Å². The first kappa shape index (κ1) is 65.0. The molecule has 6 N–H and O–H groups in total. The van der Waals surface area contributed by atoms with E-state index in [4.69, 9.17) is 18.5 Å². The molecule has 6 unspecified atom stereocenters. The molecule has 0 amide bonds. The molecule has 0 aliphatic heterocycles. The van der Waals surface area contributed by atoms with E-state index in [-0.39, 0.29) is 13.0 Å². The van der Waals surface area contributed by atoms with Crippen molar-refractivity contribution in [3.8, 4) is 0 Å². The predicted octanol–water partition coefficient (Wildman–Crippen LogP) is 12.4. The molecule has 1 fully saturated rings. The number of aliphatic hydroxyl groups excluding tert-OH is 5. The summed E-state index contributed by atoms with van der Waals surface area (Å²) in [5.74, 6) is -0.496. The number of hydrogen-bond acceptors (Lipinski definition) is 11. The van der Waals surface area contributed by atoms with Gasteiger partial charge in [0.05, 0.1) is 13.2 Å². The van der Waals surface area contributed by atoms with Crippen LogP contribution in [0.5, 0.6) is 0 Å². The number of phosphoric acid groups is 1. The average molecular weight is 1000 g/mol. The summed E-state index contributed by atoms with van der Waals surface area (Å²) in [5, 5.41) is 50.4. The molecule has 0 spiro atoms. The number of aliphatic hydroxyl groups is 5. The Bertz CT molecular complexity index is 1570. The van der Waals surface area contributed by atoms with Crippen molar-refractivity contribution in [3.05, 3.63) is 109 Å². The second kappa shape index (κ2) is 45.8. The molecule has 1 aliphatic carbocycles. The first-order valence-corrected chi connectivity index (χ1v) is 28.2. The lowest BCUT2D eigenvalue weighted by atomic mass is 9.85. The summed E-state index contributed by atoms with van der Waals surface area (Å²) in [6, 6.07) is 0. The lowest BCUT2D eigenvalue weighted by molar-refractivity contribution is -0.220. The molecule has 0 aromatic heterocycles. The van der Waals surface area contributed by atoms with E-state index in [0.717, 1.165) is 116 Å². The highest BCUT2D eigenvalue weighted by molar-refractivity contribution is 7.47. The van der Waals surface area contributed by atoms with Crippen molar-refractivity contribution in [2.24, 2.45) is 0 Å². The van der Waals surface area contributed by atoms with Crippen LogP contribution in [0, 0.1) is 0 Å². The van der Waals surface area contributed by atoms with Crippen molar-refractivity contribution in [3.63, 3.8) is 0 Å². The van der Waals surface area contributed by atoms with Crippen molar-refractivity contribution in [1.29, 1.82) is 0 Å². The van der Waals surface area contributed by atoms with Gasteiger partial charge in [-0.25, -0.2) is 4.57 Å². The third-order valence-corrected chi connectivity index (χ3v) is 12.6. The van der Waals surface area contributed by atoms with Gasteiger partial charge in [-0.2, -0.15) is 0 Å². The van der Waals surface area contributed by atoms with Crippen molar-refractivity contribution in [2.75, 3.05) is 19.8 Å². The molecule has 0 heterocycles. The second-order valence-electron chi connectivity index (χ2n) is 18.0. The molecule has 400 valence electrons. The van der Waals surface area contributed by atoms with Crippen LogP contribution in [0.4, 0.5) is 0 Å². The smallest absolute Gasteiger partial charge is 0.457 e. The molecule has 6 atom stereocenters. The van der Waals surface area contributed by atoms with Crippen molar-refractivity contribution in [1.82, 2.24) is 0 Å². The van der Waals surface area contributed by atoms with Gasteiger partial charge in [0.15, 0.2) is 0 Å². The number of allylic oxidation sites excluding steroid dienone is 18. The minimum atomic E-state index is -5.04. The minimum Gasteiger partial charge on any atom is -0.457 e. The Balaban J connectivity index is 2.36. The number of carbonyl (C=O) groups excluding carboxylic acids is 1. The molecule has 1 aliphatic rings. The van der Waals surface area contributed by atoms with E-state index in [1.165, 1.54) is 38.5 Å². The van der Waals surface area contributed by atoms with Crippen LogP contribution in [0.15, 0.2) is 109 Å². The minimum absolute atomic E-state index is 0.103. The molecule has 70 heavy (non-hydrogen) atoms. The highest BCUT2D eigenvalue weighted by atomic mass is 31.2. The van der Waals surface area contributed by atoms with Crippen LogP contribution in [0.2, 0.25) is 0 Å². The zero-order chi connectivity index (χ0) is 51.2. The van der Waals surface area contributed by atoms with E-state index < -0.39 is 63.1 Å². The quantitative estimate of drug-likeness (QED) is 0.0147. The average Bonchev–Trinajstić information content (AvgIpc) is 3.35. The summed E-state index contributed by atoms with van der Waals surface area (Å²) in [6.07, 6.45) is 52.9. The first-order valence-electron chi connectivity index (χ1n) is 26.7. The maximum absolute atomic E-state index is 12.9. The molecular weight excluding hydrogens is 908 g/mol. The van der Waals surface area contributed by atoms with Gasteiger partial charge < -0.3 is 39.9 Å². The topological polar surface area (TPSA) is 192 Å². The lowest BCUT2D eigenvalue weighted by Crippen LogP contribution is -2.64. The number of esters is 1. The third-order valence-electron chi connectivity index (χ3n) is 11.6. The van der Waals surface area contributed by atoms with Gasteiger partial charge in [-0.15, -0.1) is 0 Å². The van der Waals surface area contributed by atoms with E-state index in [0.29, 0.717) is 13.0 Å². The number of rotatable bonds is 44. The standard InChI is InChI=1S/C57H95O12P/c1-3-5-7-9-11-13-15-17-19-21-23-25-26-27-28-30-32-34-36-38-40-42-44-46-51(58)68-50(49-67-70(64,65)69-57-55(62)53(60)52(59)54(61)56(57)63)48-66-47-45-43-41-39-37-35-33-31-29-24-22-20-18-16-14-12-10-8-6-4-2/h5-8,11-14,17-20,23-25,29,33,35,50,52-57,59-63H,3-4,9-10,15-16,21-22,26-28,30-32,34,36-49H2,1-2H3,(H,64,65)/b7-5-,8-6-,13-11-,14-12-,19-17-,20-18-,25-23-,29-24-,35-33-. The molecule has 13 heteroatoms. The van der Waals surface area contributed by atoms with Crippen LogP contribution in [-0.4, -0.2) is 98.9 Å². The van der Waals surface area contributed by atoms with Crippen LogP contribution in [0.3, 0.4) is 0 Å². The fourth-order valence-corrected chi connectivity index (χ4v) is 8.46. The highest BCUT2D eigenvalue weighted by Crippen LogP contribution is 2.47. The molecule has 1 rings (SSSR count). The number of carbonyl (C=O) groups is 1. The SMILES string of the molecule is CC/C=C\C/C=C\C/C=C\C/C=C\C/C=C\CCCCCCOCC(COP(=O)(O)OC1C(O)C(O)C(O)C(O)C1O)OC(=O)CCCCCCCCCCCC/C=C\C/C=C\C/C=C\C/C=C\CC. The molecular formula is C57H95O12P. The number of ether oxygens (including phenoxy) is 2. The molecule has 0 radical (unpaired) electrons. The van der Waals surface area contributed by atoms with Gasteiger partial charge in [0.2, 0.25) is 0 Å². The Hall–Kier alpha value is -3.00. The summed E-state index contributed by atoms with van der Waals surface area (Å²) in [4.78, 5) is 23.3. The van der Waals surface area contributed by atoms with Gasteiger partial charge in [-0.3, -0.25) is 13.8 Å². The lowest BCUT2D eigenvalue weighted by Gasteiger charge is -2.41. The van der Waals surface area contributed by atoms with Gasteiger partial charge in [-0.05, 0) is 96.3 Å². The predicted molar refractivity (Wildman–Crippen MR) is 285 cm³/mol. The fourth-order valence-electron chi connectivity index (χ4n) is 7.49. The van der Waals surface area contributed by atoms with Gasteiger partial charge >= 0.3 is 13.8 Å². The summed E-state index contributed by atoms with van der Waals surface area (Å²) >= 11 is 0. The Morgan fingerprint density at radius 3 is 1.21 bits per heavy atom. The van der Waals surface area contributed by atoms with Crippen molar-refractivity contribution >= 4 is 13.8 Å². The van der Waals surface area contributed by atoms with Crippen LogP contribution >= 0.6 is 7.82 Å². The van der Waals surface area contributed by atoms with Gasteiger partial charge in [-0.1, -0.05) is 187 Å². The van der Waals surface area contributed by atoms with E-state index in [9.17, 15) is 39.8 Å². The second-order valence-corrected chi connectivity index (χ2v) is 19.4. The van der Waals surface area contributed by atoms with E-state index in [2.05, 4.69) is 123 Å². The summed E-state index contributed by atoms with van der Waals surface area (Å²) in [5.41, 5.74) is 0. The van der Waals surface area contributed by atoms with E-state index in [1.807, 2.05) is 0 Å². The van der Waals surface area contributed by atoms with Crippen LogP contribution in [0.25, 0.3) is 0 Å². The molecule has 0 saturated heterocycles. The zero-order valence-electron chi connectivity index (χ0n) is 43.0. The normalized spacial score (nSPS) is 21.8. The summed E-state index contributed by atoms with van der Waals surface area (Å²) in [6.45, 7) is 3.97. The summed E-state index contributed by atoms with van der Waals surface area (Å²) < 4.78 is 34.3. The van der Waals surface area contributed by atoms with Crippen molar-refractivity contribution in [2.45, 2.75) is 224 Å². The molecule has 0 aromatic carbocycles. The first-order chi connectivity index (χ1) is 34.0. The van der Waals surface area contributed by atoms with Crippen LogP contribution in [-0.2, 0) is 27.9 Å². The fraction of sp³-hybridized carbons (Fsp3) is 0.667. The molecule has 12 nitrogen and oxygen atoms in total. The largest absolute Gasteiger partial charge is 0.472 e. The Labute approximate surface area is 423 Å². The van der Waals surface area contributed by atoms with Gasteiger partial charge in [0.1, 0.15) is 42.7 Å². The highest BCUT2D eigenvalue weighted by Gasteiger charge is 2.51. The van der Waals surface area contributed by atoms with Gasteiger partial charge in [0.25, 0.3) is 0 Å². The molecule has 1 saturated carbocycles. The molecule has 0 bridgehead atoms. The molecule has 0 aromatic rings. The third kappa shape index (κ3) is 36.8. The van der Waals surface area contributed by atoms with E-state index in [1.54, 1.807) is 0 Å². The van der Waals surface area contributed by atoms with Gasteiger partial charge in [0, 0.05) is 13.0 Å². The monoisotopic (exact) mass is 1000 g/mol. The number of phosphoric ester groups is 1. The number of unbranched alkanes of at least 4 members (excludes halogenated alkanes) is 14. The van der Waals surface area contributed by atoms with E-state index >= 15 is 0 Å². The zero-order valence-corrected chi connectivity index (χ0v) is 43.9. The Morgan fingerprint density at radius 2 is 0.800 bits per heavy atom. The summed E-state index contributed by atoms with van der Waals surface area (Å²) in [7, 11) is -5.04. The van der Waals surface area contributed by atoms with Crippen LogP contribution in [0.1, 0.15) is 181 Å². The maximum atomic E-state index is 12.9.